The van der Waals surface area contributed by atoms with Gasteiger partial charge in [-0.1, -0.05) is 24.3 Å². The molecule has 2 heterocycles. The van der Waals surface area contributed by atoms with Crippen molar-refractivity contribution in [3.8, 4) is 11.5 Å². The highest BCUT2D eigenvalue weighted by Gasteiger charge is 2.42. The van der Waals surface area contributed by atoms with Crippen LogP contribution in [0.1, 0.15) is 17.2 Å². The fourth-order valence-corrected chi connectivity index (χ4v) is 5.52. The molecule has 2 aliphatic heterocycles. The van der Waals surface area contributed by atoms with Crippen LogP contribution in [0.15, 0.2) is 47.4 Å². The number of nitrogens with zero attached hydrogens (tertiary/aromatic N) is 2. The number of piperazine rings is 1. The molecule has 2 aromatic rings. The summed E-state index contributed by atoms with van der Waals surface area (Å²) >= 11 is 0. The second-order valence-electron chi connectivity index (χ2n) is 6.87. The van der Waals surface area contributed by atoms with E-state index in [-0.39, 0.29) is 35.7 Å². The quantitative estimate of drug-likeness (QED) is 0.780. The van der Waals surface area contributed by atoms with E-state index in [1.807, 2.05) is 24.3 Å². The predicted molar refractivity (Wildman–Crippen MR) is 103 cm³/mol. The van der Waals surface area contributed by atoms with Crippen LogP contribution < -0.4 is 9.47 Å². The van der Waals surface area contributed by atoms with Gasteiger partial charge in [-0.25, -0.2) is 8.42 Å². The second kappa shape index (κ2) is 7.10. The molecule has 1 atom stereocenters. The van der Waals surface area contributed by atoms with Crippen molar-refractivity contribution in [1.82, 2.24) is 9.21 Å². The Kier molecular flexibility index (Phi) is 4.76. The molecule has 0 aliphatic carbocycles. The van der Waals surface area contributed by atoms with Crippen LogP contribution in [0.25, 0.3) is 0 Å². The van der Waals surface area contributed by atoms with E-state index in [0.29, 0.717) is 12.3 Å². The van der Waals surface area contributed by atoms with Gasteiger partial charge in [0.1, 0.15) is 16.4 Å². The number of sulfonamides is 1. The summed E-state index contributed by atoms with van der Waals surface area (Å²) in [7, 11) is -1.05. The molecule has 8 heteroatoms. The molecule has 4 rings (SSSR count). The van der Waals surface area contributed by atoms with Crippen molar-refractivity contribution >= 4 is 15.9 Å². The third kappa shape index (κ3) is 3.02. The summed E-state index contributed by atoms with van der Waals surface area (Å²) < 4.78 is 38.5. The Bertz CT molecular complexity index is 1020. The highest BCUT2D eigenvalue weighted by molar-refractivity contribution is 7.89. The summed E-state index contributed by atoms with van der Waals surface area (Å²) in [5.41, 5.74) is 2.18. The fourth-order valence-electron chi connectivity index (χ4n) is 3.95. The SMILES string of the molecule is COc1ccc(OC)c(S(=O)(=O)N2CC(=O)N3CCc4ccccc4C3C2)c1. The molecule has 1 fully saturated rings. The summed E-state index contributed by atoms with van der Waals surface area (Å²) in [5, 5.41) is 0. The summed E-state index contributed by atoms with van der Waals surface area (Å²) in [6, 6.07) is 12.2. The van der Waals surface area contributed by atoms with Gasteiger partial charge in [-0.2, -0.15) is 4.31 Å². The third-order valence-corrected chi connectivity index (χ3v) is 7.24. The lowest BCUT2D eigenvalue weighted by Gasteiger charge is -2.44. The number of ether oxygens (including phenoxy) is 2. The monoisotopic (exact) mass is 402 g/mol. The van der Waals surface area contributed by atoms with Crippen LogP contribution in [0.2, 0.25) is 0 Å². The lowest BCUT2D eigenvalue weighted by Crippen LogP contribution is -2.55. The van der Waals surface area contributed by atoms with Crippen molar-refractivity contribution < 1.29 is 22.7 Å². The minimum Gasteiger partial charge on any atom is -0.497 e. The third-order valence-electron chi connectivity index (χ3n) is 5.41. The number of carbonyl (C=O) groups is 1. The molecule has 1 unspecified atom stereocenters. The molecule has 0 bridgehead atoms. The van der Waals surface area contributed by atoms with Crippen LogP contribution in [0, 0.1) is 0 Å². The minimum absolute atomic E-state index is 0.000283. The highest BCUT2D eigenvalue weighted by atomic mass is 32.2. The molecule has 0 radical (unpaired) electrons. The first-order chi connectivity index (χ1) is 13.5. The van der Waals surface area contributed by atoms with Gasteiger partial charge in [0.2, 0.25) is 15.9 Å². The van der Waals surface area contributed by atoms with Crippen LogP contribution in [0.4, 0.5) is 0 Å². The zero-order valence-corrected chi connectivity index (χ0v) is 16.6. The number of fused-ring (bicyclic) bond motifs is 3. The number of benzene rings is 2. The van der Waals surface area contributed by atoms with Crippen molar-refractivity contribution in [3.63, 3.8) is 0 Å². The van der Waals surface area contributed by atoms with E-state index in [4.69, 9.17) is 9.47 Å². The summed E-state index contributed by atoms with van der Waals surface area (Å²) in [5.74, 6) is 0.447. The maximum absolute atomic E-state index is 13.4. The molecule has 0 aromatic heterocycles. The lowest BCUT2D eigenvalue weighted by atomic mass is 9.91. The number of methoxy groups -OCH3 is 2. The van der Waals surface area contributed by atoms with Gasteiger partial charge >= 0.3 is 0 Å². The molecule has 0 saturated carbocycles. The maximum Gasteiger partial charge on any atom is 0.247 e. The van der Waals surface area contributed by atoms with Gasteiger partial charge in [-0.05, 0) is 29.7 Å². The first-order valence-electron chi connectivity index (χ1n) is 9.05. The highest BCUT2D eigenvalue weighted by Crippen LogP contribution is 2.37. The zero-order valence-electron chi connectivity index (χ0n) is 15.8. The zero-order chi connectivity index (χ0) is 19.9. The Morgan fingerprint density at radius 1 is 1.07 bits per heavy atom. The van der Waals surface area contributed by atoms with Crippen molar-refractivity contribution in [3.05, 3.63) is 53.6 Å². The van der Waals surface area contributed by atoms with Crippen molar-refractivity contribution in [2.75, 3.05) is 33.9 Å². The normalized spacial score (nSPS) is 19.7. The van der Waals surface area contributed by atoms with E-state index < -0.39 is 10.0 Å². The Morgan fingerprint density at radius 2 is 1.86 bits per heavy atom. The average molecular weight is 402 g/mol. The van der Waals surface area contributed by atoms with E-state index in [2.05, 4.69) is 0 Å². The summed E-state index contributed by atoms with van der Waals surface area (Å²) in [4.78, 5) is 14.6. The molecule has 0 N–H and O–H groups in total. The van der Waals surface area contributed by atoms with Crippen molar-refractivity contribution in [2.24, 2.45) is 0 Å². The molecule has 148 valence electrons. The number of hydrogen-bond acceptors (Lipinski definition) is 5. The van der Waals surface area contributed by atoms with E-state index in [1.54, 1.807) is 17.0 Å². The lowest BCUT2D eigenvalue weighted by molar-refractivity contribution is -0.138. The van der Waals surface area contributed by atoms with E-state index in [9.17, 15) is 13.2 Å². The largest absolute Gasteiger partial charge is 0.497 e. The Hall–Kier alpha value is -2.58. The van der Waals surface area contributed by atoms with Crippen LogP contribution >= 0.6 is 0 Å². The molecule has 1 amide bonds. The van der Waals surface area contributed by atoms with E-state index >= 15 is 0 Å². The molecule has 2 aromatic carbocycles. The first-order valence-corrected chi connectivity index (χ1v) is 10.5. The topological polar surface area (TPSA) is 76.1 Å². The standard InChI is InChI=1S/C20H22N2O5S/c1-26-15-7-8-18(27-2)19(11-15)28(24,25)21-12-17-16-6-4-3-5-14(16)9-10-22(17)20(23)13-21/h3-8,11,17H,9-10,12-13H2,1-2H3. The van der Waals surface area contributed by atoms with Crippen LogP contribution in [0.5, 0.6) is 11.5 Å². The van der Waals surface area contributed by atoms with Gasteiger partial charge < -0.3 is 14.4 Å². The predicted octanol–water partition coefficient (Wildman–Crippen LogP) is 1.83. The van der Waals surface area contributed by atoms with Gasteiger partial charge in [0.15, 0.2) is 0 Å². The number of rotatable bonds is 4. The molecule has 7 nitrogen and oxygen atoms in total. The van der Waals surface area contributed by atoms with Gasteiger partial charge in [0.05, 0.1) is 26.8 Å². The molecule has 0 spiro atoms. The second-order valence-corrected chi connectivity index (χ2v) is 8.77. The smallest absolute Gasteiger partial charge is 0.247 e. The van der Waals surface area contributed by atoms with Crippen LogP contribution in [-0.4, -0.2) is 57.4 Å². The van der Waals surface area contributed by atoms with Gasteiger partial charge in [0.25, 0.3) is 0 Å². The molecule has 1 saturated heterocycles. The number of amides is 1. The van der Waals surface area contributed by atoms with Crippen LogP contribution in [-0.2, 0) is 21.2 Å². The molecular formula is C20H22N2O5S. The number of carbonyl (C=O) groups excluding carboxylic acids is 1. The van der Waals surface area contributed by atoms with Gasteiger partial charge in [-0.3, -0.25) is 4.79 Å². The van der Waals surface area contributed by atoms with Crippen molar-refractivity contribution in [2.45, 2.75) is 17.4 Å². The van der Waals surface area contributed by atoms with Crippen LogP contribution in [0.3, 0.4) is 0 Å². The minimum atomic E-state index is -3.94. The summed E-state index contributed by atoms with van der Waals surface area (Å²) in [6.07, 6.45) is 0.787. The molecular weight excluding hydrogens is 380 g/mol. The maximum atomic E-state index is 13.4. The Labute approximate surface area is 164 Å². The van der Waals surface area contributed by atoms with Gasteiger partial charge in [0, 0.05) is 19.2 Å². The van der Waals surface area contributed by atoms with Crippen molar-refractivity contribution in [1.29, 1.82) is 0 Å². The number of hydrogen-bond donors (Lipinski definition) is 0. The Balaban J connectivity index is 1.74. The molecule has 2 aliphatic rings. The summed E-state index contributed by atoms with van der Waals surface area (Å²) in [6.45, 7) is 0.643. The van der Waals surface area contributed by atoms with E-state index in [1.165, 1.54) is 24.6 Å². The first kappa shape index (κ1) is 18.8. The average Bonchev–Trinajstić information content (AvgIpc) is 2.72. The Morgan fingerprint density at radius 3 is 2.61 bits per heavy atom. The fraction of sp³-hybridized carbons (Fsp3) is 0.350. The van der Waals surface area contributed by atoms with Gasteiger partial charge in [-0.15, -0.1) is 0 Å². The molecule has 28 heavy (non-hydrogen) atoms. The van der Waals surface area contributed by atoms with E-state index in [0.717, 1.165) is 17.5 Å².